The molecule has 0 radical (unpaired) electrons. The Morgan fingerprint density at radius 3 is 2.62 bits per heavy atom. The molecule has 0 bridgehead atoms. The number of nitro benzene ring substituents is 1. The minimum absolute atomic E-state index is 0.0122. The fourth-order valence-electron chi connectivity index (χ4n) is 4.65. The molecule has 13 heteroatoms. The number of carbonyl (C=O) groups excluding carboxylic acids is 1. The van der Waals surface area contributed by atoms with Crippen LogP contribution in [0.3, 0.4) is 0 Å². The maximum absolute atomic E-state index is 13.9. The van der Waals surface area contributed by atoms with Gasteiger partial charge in [0, 0.05) is 17.7 Å². The van der Waals surface area contributed by atoms with Crippen LogP contribution >= 0.6 is 22.9 Å². The third-order valence-corrected chi connectivity index (χ3v) is 7.87. The maximum Gasteiger partial charge on any atom is 0.338 e. The Kier molecular flexibility index (Phi) is 8.01. The number of thiazole rings is 1. The van der Waals surface area contributed by atoms with Crippen LogP contribution in [0.25, 0.3) is 17.4 Å². The first-order chi connectivity index (χ1) is 20.2. The van der Waals surface area contributed by atoms with Crippen molar-refractivity contribution < 1.29 is 28.3 Å². The Morgan fingerprint density at radius 2 is 1.93 bits per heavy atom. The van der Waals surface area contributed by atoms with Gasteiger partial charge < -0.3 is 18.6 Å². The van der Waals surface area contributed by atoms with Gasteiger partial charge in [-0.2, -0.15) is 0 Å². The first kappa shape index (κ1) is 28.8. The van der Waals surface area contributed by atoms with Crippen LogP contribution in [0.1, 0.15) is 31.2 Å². The van der Waals surface area contributed by atoms with Gasteiger partial charge >= 0.3 is 5.97 Å². The van der Waals surface area contributed by atoms with Gasteiger partial charge in [0.2, 0.25) is 0 Å². The Morgan fingerprint density at radius 1 is 1.17 bits per heavy atom. The summed E-state index contributed by atoms with van der Waals surface area (Å²) in [5, 5.41) is 11.3. The van der Waals surface area contributed by atoms with Crippen molar-refractivity contribution in [3.8, 4) is 22.8 Å². The number of fused-ring (bicyclic) bond motifs is 1. The van der Waals surface area contributed by atoms with Gasteiger partial charge in [0.15, 0.2) is 16.3 Å². The SMILES string of the molecule is CCOC(=O)C1=C(C)N=c2s/c(=C\c3ccc(-c4ccc(Cl)c([N+](=O)[O-])c4)o3)c(=O)n2[C@H]1c1ccc(OC)c(OC)c1. The van der Waals surface area contributed by atoms with Crippen molar-refractivity contribution in [2.75, 3.05) is 20.8 Å². The molecule has 1 aliphatic heterocycles. The number of carbonyl (C=O) groups is 1. The van der Waals surface area contributed by atoms with Gasteiger partial charge in [0.1, 0.15) is 16.5 Å². The Labute approximate surface area is 247 Å². The molecule has 0 spiro atoms. The highest BCUT2D eigenvalue weighted by Crippen LogP contribution is 2.36. The number of furan rings is 1. The quantitative estimate of drug-likeness (QED) is 0.160. The molecule has 0 unspecified atom stereocenters. The third kappa shape index (κ3) is 5.21. The molecule has 2 aromatic heterocycles. The predicted octanol–water partition coefficient (Wildman–Crippen LogP) is 4.64. The number of esters is 1. The highest BCUT2D eigenvalue weighted by atomic mass is 35.5. The smallest absolute Gasteiger partial charge is 0.338 e. The Balaban J connectivity index is 1.63. The fraction of sp³-hybridized carbons (Fsp3) is 0.207. The minimum atomic E-state index is -0.843. The van der Waals surface area contributed by atoms with Crippen LogP contribution in [-0.2, 0) is 9.53 Å². The van der Waals surface area contributed by atoms with Crippen LogP contribution in [0.4, 0.5) is 5.69 Å². The lowest BCUT2D eigenvalue weighted by Crippen LogP contribution is -2.39. The molecule has 1 aliphatic rings. The van der Waals surface area contributed by atoms with E-state index in [0.717, 1.165) is 11.3 Å². The van der Waals surface area contributed by atoms with E-state index in [9.17, 15) is 19.7 Å². The van der Waals surface area contributed by atoms with Gasteiger partial charge in [-0.25, -0.2) is 9.79 Å². The van der Waals surface area contributed by atoms with Gasteiger partial charge in [-0.1, -0.05) is 29.0 Å². The number of hydrogen-bond donors (Lipinski definition) is 0. The van der Waals surface area contributed by atoms with E-state index in [1.807, 2.05) is 0 Å². The summed E-state index contributed by atoms with van der Waals surface area (Å²) in [5.74, 6) is 1.04. The minimum Gasteiger partial charge on any atom is -0.493 e. The largest absolute Gasteiger partial charge is 0.493 e. The summed E-state index contributed by atoms with van der Waals surface area (Å²) in [4.78, 5) is 42.7. The first-order valence-corrected chi connectivity index (χ1v) is 13.8. The van der Waals surface area contributed by atoms with Crippen LogP contribution in [0.5, 0.6) is 11.5 Å². The number of rotatable bonds is 8. The standard InChI is InChI=1S/C29H24ClN3O8S/c1-5-40-28(35)25-15(2)31-29-32(26(25)17-7-10-22(38-3)23(13-17)39-4)27(34)24(42-29)14-18-8-11-21(41-18)16-6-9-19(30)20(12-16)33(36)37/h6-14,26H,5H2,1-4H3/b24-14-/t26-/m0/s1. The highest BCUT2D eigenvalue weighted by Gasteiger charge is 2.34. The van der Waals surface area contributed by atoms with Gasteiger partial charge in [0.25, 0.3) is 11.2 Å². The molecule has 0 fully saturated rings. The van der Waals surface area contributed by atoms with E-state index in [0.29, 0.717) is 49.2 Å². The van der Waals surface area contributed by atoms with E-state index in [2.05, 4.69) is 4.99 Å². The van der Waals surface area contributed by atoms with Gasteiger partial charge in [0.05, 0.1) is 47.6 Å². The first-order valence-electron chi connectivity index (χ1n) is 12.6. The zero-order valence-corrected chi connectivity index (χ0v) is 24.4. The number of halogens is 1. The number of ether oxygens (including phenoxy) is 3. The molecule has 5 rings (SSSR count). The number of nitro groups is 1. The van der Waals surface area contributed by atoms with Crippen molar-refractivity contribution in [2.45, 2.75) is 19.9 Å². The summed E-state index contributed by atoms with van der Waals surface area (Å²) in [6.45, 7) is 3.55. The lowest BCUT2D eigenvalue weighted by atomic mass is 9.95. The molecule has 42 heavy (non-hydrogen) atoms. The number of nitrogens with zero attached hydrogens (tertiary/aromatic N) is 3. The topological polar surface area (TPSA) is 135 Å². The van der Waals surface area contributed by atoms with Crippen molar-refractivity contribution in [1.82, 2.24) is 4.57 Å². The highest BCUT2D eigenvalue weighted by molar-refractivity contribution is 7.07. The van der Waals surface area contributed by atoms with E-state index >= 15 is 0 Å². The van der Waals surface area contributed by atoms with Gasteiger partial charge in [-0.3, -0.25) is 19.5 Å². The van der Waals surface area contributed by atoms with Crippen LogP contribution in [0, 0.1) is 10.1 Å². The molecule has 3 heterocycles. The van der Waals surface area contributed by atoms with E-state index < -0.39 is 22.5 Å². The van der Waals surface area contributed by atoms with E-state index in [1.165, 1.54) is 30.9 Å². The Hall–Kier alpha value is -4.68. The average molecular weight is 610 g/mol. The van der Waals surface area contributed by atoms with Gasteiger partial charge in [-0.05, 0) is 55.8 Å². The molecule has 1 atom stereocenters. The lowest BCUT2D eigenvalue weighted by molar-refractivity contribution is -0.384. The molecule has 4 aromatic rings. The van der Waals surface area contributed by atoms with Crippen LogP contribution in [0.15, 0.2) is 74.0 Å². The zero-order chi connectivity index (χ0) is 30.1. The van der Waals surface area contributed by atoms with E-state index in [4.69, 9.17) is 30.2 Å². The molecule has 0 saturated carbocycles. The molecule has 0 N–H and O–H groups in total. The van der Waals surface area contributed by atoms with E-state index in [1.54, 1.807) is 56.3 Å². The molecule has 11 nitrogen and oxygen atoms in total. The van der Waals surface area contributed by atoms with Crippen molar-refractivity contribution in [1.29, 1.82) is 0 Å². The summed E-state index contributed by atoms with van der Waals surface area (Å²) < 4.78 is 23.8. The molecule has 0 aliphatic carbocycles. The van der Waals surface area contributed by atoms with Crippen LogP contribution in [-0.4, -0.2) is 36.3 Å². The molecule has 216 valence electrons. The van der Waals surface area contributed by atoms with E-state index in [-0.39, 0.29) is 22.9 Å². The van der Waals surface area contributed by atoms with Crippen molar-refractivity contribution in [3.05, 3.63) is 106 Å². The predicted molar refractivity (Wildman–Crippen MR) is 156 cm³/mol. The summed E-state index contributed by atoms with van der Waals surface area (Å²) in [7, 11) is 3.02. The summed E-state index contributed by atoms with van der Waals surface area (Å²) in [6.07, 6.45) is 1.56. The monoisotopic (exact) mass is 609 g/mol. The summed E-state index contributed by atoms with van der Waals surface area (Å²) >= 11 is 7.07. The van der Waals surface area contributed by atoms with Crippen molar-refractivity contribution in [2.24, 2.45) is 4.99 Å². The van der Waals surface area contributed by atoms with Crippen molar-refractivity contribution in [3.63, 3.8) is 0 Å². The number of allylic oxidation sites excluding steroid dienone is 1. The van der Waals surface area contributed by atoms with Gasteiger partial charge in [-0.15, -0.1) is 0 Å². The molecule has 0 amide bonds. The second kappa shape index (κ2) is 11.7. The molecular weight excluding hydrogens is 586 g/mol. The number of methoxy groups -OCH3 is 2. The van der Waals surface area contributed by atoms with Crippen LogP contribution < -0.4 is 24.4 Å². The number of hydrogen-bond acceptors (Lipinski definition) is 10. The molecule has 0 saturated heterocycles. The number of benzene rings is 2. The number of aromatic nitrogens is 1. The summed E-state index contributed by atoms with van der Waals surface area (Å²) in [5.41, 5.74) is 1.06. The molecule has 2 aromatic carbocycles. The second-order valence-corrected chi connectivity index (χ2v) is 10.5. The van der Waals surface area contributed by atoms with Crippen molar-refractivity contribution >= 4 is 40.7 Å². The third-order valence-electron chi connectivity index (χ3n) is 6.57. The second-order valence-electron chi connectivity index (χ2n) is 9.04. The normalized spacial score (nSPS) is 14.8. The summed E-state index contributed by atoms with van der Waals surface area (Å²) in [6, 6.07) is 12.0. The zero-order valence-electron chi connectivity index (χ0n) is 22.9. The average Bonchev–Trinajstić information content (AvgIpc) is 3.56. The lowest BCUT2D eigenvalue weighted by Gasteiger charge is -2.25. The maximum atomic E-state index is 13.9. The fourth-order valence-corrected chi connectivity index (χ4v) is 5.86. The Bertz CT molecular complexity index is 1940. The van der Waals surface area contributed by atoms with Crippen LogP contribution in [0.2, 0.25) is 5.02 Å². The molecular formula is C29H24ClN3O8S.